The standard InChI is InChI=1S/C28H22O8/c1-33-23-15-21(10-7-17-5-8-19(9-6-17)27(31)35-3)22(16-24(23)34-2)26(30)25(29)18-11-13-20(14-12-18)28(32)36-4/h5-6,8-9,11-16H,1-4H3. The number of carbonyl (C=O) groups is 4. The number of ether oxygens (including phenoxy) is 4. The van der Waals surface area contributed by atoms with Gasteiger partial charge in [-0.2, -0.15) is 0 Å². The zero-order chi connectivity index (χ0) is 26.2. The third kappa shape index (κ3) is 5.59. The van der Waals surface area contributed by atoms with E-state index >= 15 is 0 Å². The van der Waals surface area contributed by atoms with E-state index in [1.165, 1.54) is 64.8 Å². The van der Waals surface area contributed by atoms with Crippen LogP contribution in [0.15, 0.2) is 60.7 Å². The van der Waals surface area contributed by atoms with E-state index in [0.29, 0.717) is 16.9 Å². The number of ketones is 2. The van der Waals surface area contributed by atoms with Crippen LogP contribution in [-0.2, 0) is 9.47 Å². The Hall–Kier alpha value is -4.90. The van der Waals surface area contributed by atoms with Crippen molar-refractivity contribution < 1.29 is 38.1 Å². The van der Waals surface area contributed by atoms with Gasteiger partial charge in [-0.3, -0.25) is 9.59 Å². The number of carbonyl (C=O) groups excluding carboxylic acids is 4. The molecule has 0 atom stereocenters. The second kappa shape index (κ2) is 11.5. The van der Waals surface area contributed by atoms with Gasteiger partial charge in [-0.15, -0.1) is 0 Å². The topological polar surface area (TPSA) is 105 Å². The number of hydrogen-bond acceptors (Lipinski definition) is 8. The molecular formula is C28H22O8. The summed E-state index contributed by atoms with van der Waals surface area (Å²) in [6, 6.07) is 14.9. The lowest BCUT2D eigenvalue weighted by molar-refractivity contribution is 0.0592. The van der Waals surface area contributed by atoms with Crippen molar-refractivity contribution in [3.8, 4) is 23.3 Å². The van der Waals surface area contributed by atoms with Gasteiger partial charge in [0.25, 0.3) is 0 Å². The van der Waals surface area contributed by atoms with Gasteiger partial charge >= 0.3 is 11.9 Å². The van der Waals surface area contributed by atoms with Gasteiger partial charge < -0.3 is 18.9 Å². The fraction of sp³-hybridized carbons (Fsp3) is 0.143. The van der Waals surface area contributed by atoms with Crippen molar-refractivity contribution >= 4 is 23.5 Å². The largest absolute Gasteiger partial charge is 0.493 e. The van der Waals surface area contributed by atoms with Gasteiger partial charge in [-0.1, -0.05) is 24.0 Å². The molecular weight excluding hydrogens is 464 g/mol. The Balaban J connectivity index is 2.00. The summed E-state index contributed by atoms with van der Waals surface area (Å²) in [4.78, 5) is 49.5. The van der Waals surface area contributed by atoms with Crippen molar-refractivity contribution in [1.82, 2.24) is 0 Å². The Morgan fingerprint density at radius 1 is 0.583 bits per heavy atom. The second-order valence-corrected chi connectivity index (χ2v) is 7.30. The minimum absolute atomic E-state index is 0.0216. The van der Waals surface area contributed by atoms with Crippen molar-refractivity contribution in [3.63, 3.8) is 0 Å². The molecule has 0 aliphatic heterocycles. The average molecular weight is 486 g/mol. The van der Waals surface area contributed by atoms with Crippen LogP contribution in [0.2, 0.25) is 0 Å². The first-order valence-electron chi connectivity index (χ1n) is 10.6. The molecule has 0 aliphatic rings. The van der Waals surface area contributed by atoms with Crippen LogP contribution in [0.25, 0.3) is 0 Å². The van der Waals surface area contributed by atoms with Crippen LogP contribution in [0.5, 0.6) is 11.5 Å². The van der Waals surface area contributed by atoms with E-state index < -0.39 is 23.5 Å². The molecule has 0 fully saturated rings. The van der Waals surface area contributed by atoms with Crippen molar-refractivity contribution in [1.29, 1.82) is 0 Å². The molecule has 0 saturated heterocycles. The molecule has 0 aromatic heterocycles. The van der Waals surface area contributed by atoms with Crippen LogP contribution in [0.4, 0.5) is 0 Å². The molecule has 36 heavy (non-hydrogen) atoms. The molecule has 3 aromatic rings. The van der Waals surface area contributed by atoms with E-state index in [9.17, 15) is 19.2 Å². The van der Waals surface area contributed by atoms with Gasteiger partial charge in [0, 0.05) is 28.3 Å². The molecule has 182 valence electrons. The molecule has 8 nitrogen and oxygen atoms in total. The minimum atomic E-state index is -0.813. The first-order chi connectivity index (χ1) is 17.3. The number of esters is 2. The molecule has 0 aliphatic carbocycles. The maximum absolute atomic E-state index is 13.2. The zero-order valence-electron chi connectivity index (χ0n) is 20.0. The van der Waals surface area contributed by atoms with E-state index in [2.05, 4.69) is 21.3 Å². The Kier molecular flexibility index (Phi) is 8.21. The van der Waals surface area contributed by atoms with Crippen LogP contribution in [-0.4, -0.2) is 51.9 Å². The molecule has 3 aromatic carbocycles. The molecule has 0 saturated carbocycles. The average Bonchev–Trinajstić information content (AvgIpc) is 2.94. The molecule has 0 bridgehead atoms. The number of rotatable bonds is 7. The van der Waals surface area contributed by atoms with Crippen LogP contribution >= 0.6 is 0 Å². The lowest BCUT2D eigenvalue weighted by Gasteiger charge is -2.11. The highest BCUT2D eigenvalue weighted by atomic mass is 16.5. The van der Waals surface area contributed by atoms with Gasteiger partial charge in [0.15, 0.2) is 11.5 Å². The van der Waals surface area contributed by atoms with Gasteiger partial charge in [0.1, 0.15) is 0 Å². The number of Topliss-reactive ketones (excluding diaryl/α,β-unsaturated/α-hetero) is 2. The third-order valence-electron chi connectivity index (χ3n) is 5.19. The van der Waals surface area contributed by atoms with Crippen molar-refractivity contribution in [2.75, 3.05) is 28.4 Å². The van der Waals surface area contributed by atoms with Gasteiger partial charge in [0.05, 0.1) is 39.6 Å². The molecule has 0 unspecified atom stereocenters. The predicted octanol–water partition coefficient (Wildman–Crippen LogP) is 3.74. The third-order valence-corrected chi connectivity index (χ3v) is 5.19. The molecule has 8 heteroatoms. The van der Waals surface area contributed by atoms with E-state index in [0.717, 1.165) is 0 Å². The summed E-state index contributed by atoms with van der Waals surface area (Å²) in [5.41, 5.74) is 1.55. The Bertz CT molecular complexity index is 1370. The fourth-order valence-corrected chi connectivity index (χ4v) is 3.25. The fourth-order valence-electron chi connectivity index (χ4n) is 3.25. The highest BCUT2D eigenvalue weighted by molar-refractivity contribution is 6.49. The first-order valence-corrected chi connectivity index (χ1v) is 10.6. The predicted molar refractivity (Wildman–Crippen MR) is 130 cm³/mol. The molecule has 0 radical (unpaired) electrons. The summed E-state index contributed by atoms with van der Waals surface area (Å²) in [6.07, 6.45) is 0. The number of hydrogen-bond donors (Lipinski definition) is 0. The van der Waals surface area contributed by atoms with E-state index in [4.69, 9.17) is 9.47 Å². The van der Waals surface area contributed by atoms with Crippen LogP contribution in [0, 0.1) is 11.8 Å². The molecule has 3 rings (SSSR count). The first kappa shape index (κ1) is 25.7. The molecule has 0 heterocycles. The number of benzene rings is 3. The molecule has 0 spiro atoms. The number of methoxy groups -OCH3 is 4. The summed E-state index contributed by atoms with van der Waals surface area (Å²) in [6.45, 7) is 0. The SMILES string of the molecule is COC(=O)c1ccc(C#Cc2cc(OC)c(OC)cc2C(=O)C(=O)c2ccc(C(=O)OC)cc2)cc1. The van der Waals surface area contributed by atoms with Gasteiger partial charge in [-0.25, -0.2) is 9.59 Å². The Morgan fingerprint density at radius 2 is 1.06 bits per heavy atom. The lowest BCUT2D eigenvalue weighted by Crippen LogP contribution is -2.16. The van der Waals surface area contributed by atoms with E-state index in [1.54, 1.807) is 24.3 Å². The highest BCUT2D eigenvalue weighted by Crippen LogP contribution is 2.31. The Labute approximate surface area is 207 Å². The summed E-state index contributed by atoms with van der Waals surface area (Å²) in [5.74, 6) is 3.77. The van der Waals surface area contributed by atoms with Gasteiger partial charge in [-0.05, 0) is 42.5 Å². The van der Waals surface area contributed by atoms with Crippen molar-refractivity contribution in [3.05, 3.63) is 94.0 Å². The summed E-state index contributed by atoms with van der Waals surface area (Å²) >= 11 is 0. The molecule has 0 amide bonds. The van der Waals surface area contributed by atoms with Crippen LogP contribution in [0.1, 0.15) is 52.6 Å². The van der Waals surface area contributed by atoms with Gasteiger partial charge in [0.2, 0.25) is 11.6 Å². The smallest absolute Gasteiger partial charge is 0.337 e. The van der Waals surface area contributed by atoms with Crippen molar-refractivity contribution in [2.45, 2.75) is 0 Å². The zero-order valence-corrected chi connectivity index (χ0v) is 20.0. The van der Waals surface area contributed by atoms with Crippen LogP contribution < -0.4 is 9.47 Å². The minimum Gasteiger partial charge on any atom is -0.493 e. The highest BCUT2D eigenvalue weighted by Gasteiger charge is 2.24. The maximum Gasteiger partial charge on any atom is 0.337 e. The monoisotopic (exact) mass is 486 g/mol. The van der Waals surface area contributed by atoms with Crippen molar-refractivity contribution in [2.24, 2.45) is 0 Å². The summed E-state index contributed by atoms with van der Waals surface area (Å²) in [7, 11) is 5.39. The molecule has 0 N–H and O–H groups in total. The quantitative estimate of drug-likeness (QED) is 0.215. The van der Waals surface area contributed by atoms with E-state index in [-0.39, 0.29) is 28.0 Å². The maximum atomic E-state index is 13.2. The summed E-state index contributed by atoms with van der Waals surface area (Å²) in [5, 5.41) is 0. The Morgan fingerprint density at radius 3 is 1.56 bits per heavy atom. The normalized spacial score (nSPS) is 9.89. The summed E-state index contributed by atoms with van der Waals surface area (Å²) < 4.78 is 20.0. The lowest BCUT2D eigenvalue weighted by atomic mass is 9.96. The van der Waals surface area contributed by atoms with Crippen LogP contribution in [0.3, 0.4) is 0 Å². The second-order valence-electron chi connectivity index (χ2n) is 7.30. The van der Waals surface area contributed by atoms with E-state index in [1.807, 2.05) is 0 Å².